The Morgan fingerprint density at radius 2 is 2.04 bits per heavy atom. The lowest BCUT2D eigenvalue weighted by Crippen LogP contribution is -2.14. The Hall–Kier alpha value is -2.99. The largest absolute Gasteiger partial charge is 0.362 e. The molecule has 0 aliphatic rings. The van der Waals surface area contributed by atoms with Gasteiger partial charge in [-0.3, -0.25) is 14.8 Å². The third-order valence-corrected chi connectivity index (χ3v) is 4.24. The number of carbonyl (C=O) groups is 1. The van der Waals surface area contributed by atoms with Crippen LogP contribution in [0.15, 0.2) is 55.0 Å². The molecule has 27 heavy (non-hydrogen) atoms. The van der Waals surface area contributed by atoms with Gasteiger partial charge in [0.2, 0.25) is 0 Å². The van der Waals surface area contributed by atoms with E-state index in [1.807, 2.05) is 37.3 Å². The normalized spacial score (nSPS) is 11.7. The summed E-state index contributed by atoms with van der Waals surface area (Å²) < 4.78 is 0. The maximum atomic E-state index is 12.4. The predicted molar refractivity (Wildman–Crippen MR) is 107 cm³/mol. The monoisotopic (exact) mass is 381 g/mol. The van der Waals surface area contributed by atoms with Gasteiger partial charge in [0, 0.05) is 17.6 Å². The molecule has 0 unspecified atom stereocenters. The van der Waals surface area contributed by atoms with Crippen molar-refractivity contribution in [1.82, 2.24) is 15.0 Å². The summed E-state index contributed by atoms with van der Waals surface area (Å²) in [7, 11) is 0. The second-order valence-electron chi connectivity index (χ2n) is 6.10. The van der Waals surface area contributed by atoms with Crippen molar-refractivity contribution in [1.29, 1.82) is 0 Å². The second kappa shape index (κ2) is 8.60. The minimum Gasteiger partial charge on any atom is -0.362 e. The van der Waals surface area contributed by atoms with E-state index in [0.717, 1.165) is 23.4 Å². The zero-order chi connectivity index (χ0) is 19.2. The Bertz CT molecular complexity index is 930. The van der Waals surface area contributed by atoms with E-state index in [1.54, 1.807) is 18.5 Å². The van der Waals surface area contributed by atoms with Crippen LogP contribution >= 0.6 is 11.6 Å². The number of amides is 1. The van der Waals surface area contributed by atoms with E-state index in [0.29, 0.717) is 16.5 Å². The first-order valence-electron chi connectivity index (χ1n) is 8.63. The Labute approximate surface area is 163 Å². The molecule has 0 fully saturated rings. The van der Waals surface area contributed by atoms with Gasteiger partial charge in [-0.25, -0.2) is 4.98 Å². The van der Waals surface area contributed by atoms with Crippen molar-refractivity contribution in [3.63, 3.8) is 0 Å². The number of hydrogen-bond donors (Lipinski definition) is 2. The van der Waals surface area contributed by atoms with Crippen molar-refractivity contribution in [2.75, 3.05) is 10.6 Å². The molecule has 1 amide bonds. The molecule has 7 heteroatoms. The number of pyridine rings is 1. The minimum absolute atomic E-state index is 0.00987. The third kappa shape index (κ3) is 5.01. The summed E-state index contributed by atoms with van der Waals surface area (Å²) >= 11 is 5.90. The summed E-state index contributed by atoms with van der Waals surface area (Å²) in [5.74, 6) is 0.413. The van der Waals surface area contributed by atoms with Crippen LogP contribution < -0.4 is 10.6 Å². The number of rotatable bonds is 6. The summed E-state index contributed by atoms with van der Waals surface area (Å²) in [5, 5.41) is 6.57. The molecule has 0 saturated heterocycles. The van der Waals surface area contributed by atoms with E-state index in [4.69, 9.17) is 11.6 Å². The lowest BCUT2D eigenvalue weighted by Gasteiger charge is -2.19. The van der Waals surface area contributed by atoms with E-state index in [-0.39, 0.29) is 11.9 Å². The molecular formula is C20H20ClN5O. The van der Waals surface area contributed by atoms with Crippen LogP contribution in [-0.2, 0) is 0 Å². The highest BCUT2D eigenvalue weighted by Crippen LogP contribution is 2.24. The van der Waals surface area contributed by atoms with Crippen LogP contribution in [0.5, 0.6) is 0 Å². The molecule has 0 radical (unpaired) electrons. The average molecular weight is 382 g/mol. The molecule has 2 heterocycles. The Balaban J connectivity index is 1.75. The van der Waals surface area contributed by atoms with Gasteiger partial charge in [0.1, 0.15) is 11.0 Å². The van der Waals surface area contributed by atoms with Crippen LogP contribution in [0.3, 0.4) is 0 Å². The molecule has 1 aromatic carbocycles. The number of anilines is 2. The molecule has 0 aliphatic carbocycles. The number of hydrogen-bond acceptors (Lipinski definition) is 5. The van der Waals surface area contributed by atoms with Gasteiger partial charge in [-0.15, -0.1) is 0 Å². The van der Waals surface area contributed by atoms with Crippen LogP contribution in [0.1, 0.15) is 41.0 Å². The number of halogens is 1. The molecule has 0 bridgehead atoms. The first kappa shape index (κ1) is 18.8. The second-order valence-corrected chi connectivity index (χ2v) is 6.49. The summed E-state index contributed by atoms with van der Waals surface area (Å²) in [5.41, 5.74) is 3.13. The standard InChI is InChI=1S/C20H20ClN5O/c1-3-17(25-19-12-22-11-18(21)26-19)14-5-4-6-16(9-14)24-20(27)15-8-7-13(2)23-10-15/h4-12,17H,3H2,1-2H3,(H,24,27)(H,25,26)/t17-/m0/s1. The number of aryl methyl sites for hydroxylation is 1. The number of benzene rings is 1. The van der Waals surface area contributed by atoms with E-state index in [9.17, 15) is 4.79 Å². The van der Waals surface area contributed by atoms with Crippen molar-refractivity contribution >= 4 is 29.0 Å². The SMILES string of the molecule is CC[C@H](Nc1cncc(Cl)n1)c1cccc(NC(=O)c2ccc(C)nc2)c1. The fourth-order valence-electron chi connectivity index (χ4n) is 2.65. The van der Waals surface area contributed by atoms with Crippen LogP contribution in [-0.4, -0.2) is 20.9 Å². The maximum absolute atomic E-state index is 12.4. The van der Waals surface area contributed by atoms with E-state index in [2.05, 4.69) is 32.5 Å². The summed E-state index contributed by atoms with van der Waals surface area (Å²) in [6, 6.07) is 11.3. The van der Waals surface area contributed by atoms with Crippen LogP contribution in [0.2, 0.25) is 5.15 Å². The Morgan fingerprint density at radius 3 is 2.74 bits per heavy atom. The van der Waals surface area contributed by atoms with Crippen molar-refractivity contribution in [3.05, 3.63) is 77.0 Å². The number of aromatic nitrogens is 3. The molecule has 3 rings (SSSR count). The van der Waals surface area contributed by atoms with Crippen LogP contribution in [0.25, 0.3) is 0 Å². The summed E-state index contributed by atoms with van der Waals surface area (Å²) in [6.45, 7) is 3.95. The molecule has 1 atom stereocenters. The average Bonchev–Trinajstić information content (AvgIpc) is 2.67. The van der Waals surface area contributed by atoms with Gasteiger partial charge in [0.25, 0.3) is 5.91 Å². The number of nitrogens with zero attached hydrogens (tertiary/aromatic N) is 3. The fraction of sp³-hybridized carbons (Fsp3) is 0.200. The van der Waals surface area contributed by atoms with E-state index >= 15 is 0 Å². The Kier molecular flexibility index (Phi) is 5.98. The molecule has 3 aromatic rings. The van der Waals surface area contributed by atoms with Gasteiger partial charge < -0.3 is 10.6 Å². The molecule has 0 aliphatic heterocycles. The number of nitrogens with one attached hydrogen (secondary N) is 2. The summed E-state index contributed by atoms with van der Waals surface area (Å²) in [4.78, 5) is 24.8. The lowest BCUT2D eigenvalue weighted by atomic mass is 10.0. The van der Waals surface area contributed by atoms with Crippen LogP contribution in [0.4, 0.5) is 11.5 Å². The number of carbonyl (C=O) groups excluding carboxylic acids is 1. The zero-order valence-corrected chi connectivity index (χ0v) is 15.9. The first-order valence-corrected chi connectivity index (χ1v) is 9.01. The Morgan fingerprint density at radius 1 is 1.19 bits per heavy atom. The van der Waals surface area contributed by atoms with Crippen molar-refractivity contribution in [2.24, 2.45) is 0 Å². The van der Waals surface area contributed by atoms with Gasteiger partial charge in [-0.05, 0) is 43.2 Å². The van der Waals surface area contributed by atoms with Crippen LogP contribution in [0, 0.1) is 6.92 Å². The van der Waals surface area contributed by atoms with Crippen molar-refractivity contribution in [2.45, 2.75) is 26.3 Å². The molecule has 0 saturated carbocycles. The summed E-state index contributed by atoms with van der Waals surface area (Å²) in [6.07, 6.45) is 5.52. The minimum atomic E-state index is -0.193. The highest BCUT2D eigenvalue weighted by atomic mass is 35.5. The molecule has 0 spiro atoms. The smallest absolute Gasteiger partial charge is 0.257 e. The van der Waals surface area contributed by atoms with E-state index < -0.39 is 0 Å². The highest BCUT2D eigenvalue weighted by molar-refractivity contribution is 6.29. The van der Waals surface area contributed by atoms with E-state index in [1.165, 1.54) is 6.20 Å². The van der Waals surface area contributed by atoms with Gasteiger partial charge >= 0.3 is 0 Å². The molecule has 2 N–H and O–H groups in total. The topological polar surface area (TPSA) is 79.8 Å². The molecule has 2 aromatic heterocycles. The van der Waals surface area contributed by atoms with Gasteiger partial charge in [-0.2, -0.15) is 0 Å². The quantitative estimate of drug-likeness (QED) is 0.649. The van der Waals surface area contributed by atoms with Crippen molar-refractivity contribution in [3.8, 4) is 0 Å². The van der Waals surface area contributed by atoms with Crippen molar-refractivity contribution < 1.29 is 4.79 Å². The first-order chi connectivity index (χ1) is 13.0. The maximum Gasteiger partial charge on any atom is 0.257 e. The third-order valence-electron chi connectivity index (χ3n) is 4.06. The molecule has 6 nitrogen and oxygen atoms in total. The fourth-order valence-corrected chi connectivity index (χ4v) is 2.80. The lowest BCUT2D eigenvalue weighted by molar-refractivity contribution is 0.102. The molecular weight excluding hydrogens is 362 g/mol. The highest BCUT2D eigenvalue weighted by Gasteiger charge is 2.12. The van der Waals surface area contributed by atoms with Gasteiger partial charge in [0.15, 0.2) is 0 Å². The zero-order valence-electron chi connectivity index (χ0n) is 15.1. The predicted octanol–water partition coefficient (Wildman–Crippen LogP) is 4.65. The van der Waals surface area contributed by atoms with Gasteiger partial charge in [0.05, 0.1) is 24.0 Å². The molecule has 138 valence electrons. The van der Waals surface area contributed by atoms with Gasteiger partial charge in [-0.1, -0.05) is 30.7 Å².